The van der Waals surface area contributed by atoms with Crippen molar-refractivity contribution >= 4 is 17.7 Å². The van der Waals surface area contributed by atoms with Gasteiger partial charge in [0.2, 0.25) is 11.1 Å². The number of methoxy groups -OCH3 is 2. The summed E-state index contributed by atoms with van der Waals surface area (Å²) in [6.07, 6.45) is 3.04. The molecule has 162 valence electrons. The minimum Gasteiger partial charge on any atom is -0.493 e. The van der Waals surface area contributed by atoms with Crippen molar-refractivity contribution in [2.45, 2.75) is 30.2 Å². The fourth-order valence-corrected chi connectivity index (χ4v) is 3.80. The molecule has 0 aliphatic heterocycles. The third-order valence-electron chi connectivity index (χ3n) is 4.68. The van der Waals surface area contributed by atoms with Crippen molar-refractivity contribution in [2.75, 3.05) is 20.8 Å². The Kier molecular flexibility index (Phi) is 8.23. The van der Waals surface area contributed by atoms with Crippen molar-refractivity contribution in [3.8, 4) is 22.8 Å². The molecule has 3 rings (SSSR count). The third-order valence-corrected chi connectivity index (χ3v) is 5.91. The van der Waals surface area contributed by atoms with Gasteiger partial charge in [0.25, 0.3) is 0 Å². The van der Waals surface area contributed by atoms with Crippen molar-refractivity contribution in [3.05, 3.63) is 60.3 Å². The van der Waals surface area contributed by atoms with E-state index in [1.54, 1.807) is 20.4 Å². The lowest BCUT2D eigenvalue weighted by atomic mass is 10.1. The summed E-state index contributed by atoms with van der Waals surface area (Å²) in [5.41, 5.74) is 2.72. The topological polar surface area (TPSA) is 86.2 Å². The van der Waals surface area contributed by atoms with Crippen molar-refractivity contribution in [1.29, 1.82) is 0 Å². The molecule has 3 aromatic rings. The molecule has 1 heterocycles. The maximum atomic E-state index is 12.6. The standard InChI is InChI=1S/C23H26N4O3S/c1-4-21(31-23-25-15-18(26-27-23)17-8-6-5-7-9-17)22(28)24-13-12-16-10-11-19(29-2)20(14-16)30-3/h5-11,14-15,21H,4,12-13H2,1-3H3,(H,24,28). The van der Waals surface area contributed by atoms with Gasteiger partial charge < -0.3 is 14.8 Å². The summed E-state index contributed by atoms with van der Waals surface area (Å²) in [5, 5.41) is 11.6. The largest absolute Gasteiger partial charge is 0.493 e. The van der Waals surface area contributed by atoms with Crippen LogP contribution >= 0.6 is 11.8 Å². The van der Waals surface area contributed by atoms with Gasteiger partial charge in [-0.3, -0.25) is 4.79 Å². The maximum absolute atomic E-state index is 12.6. The van der Waals surface area contributed by atoms with E-state index in [9.17, 15) is 4.79 Å². The molecule has 1 aromatic heterocycles. The molecule has 2 aromatic carbocycles. The molecule has 7 nitrogen and oxygen atoms in total. The Balaban J connectivity index is 1.53. The van der Waals surface area contributed by atoms with E-state index >= 15 is 0 Å². The fraction of sp³-hybridized carbons (Fsp3) is 0.304. The van der Waals surface area contributed by atoms with E-state index < -0.39 is 0 Å². The second kappa shape index (κ2) is 11.3. The highest BCUT2D eigenvalue weighted by Crippen LogP contribution is 2.27. The SMILES string of the molecule is CCC(Sc1ncc(-c2ccccc2)nn1)C(=O)NCCc1ccc(OC)c(OC)c1. The van der Waals surface area contributed by atoms with Gasteiger partial charge in [0.05, 0.1) is 25.7 Å². The van der Waals surface area contributed by atoms with Crippen molar-refractivity contribution < 1.29 is 14.3 Å². The van der Waals surface area contributed by atoms with Crippen molar-refractivity contribution in [3.63, 3.8) is 0 Å². The molecule has 1 unspecified atom stereocenters. The van der Waals surface area contributed by atoms with Crippen LogP contribution in [0.5, 0.6) is 11.5 Å². The first kappa shape index (κ1) is 22.6. The summed E-state index contributed by atoms with van der Waals surface area (Å²) in [6, 6.07) is 15.5. The number of hydrogen-bond acceptors (Lipinski definition) is 7. The smallest absolute Gasteiger partial charge is 0.233 e. The van der Waals surface area contributed by atoms with Crippen LogP contribution in [0.15, 0.2) is 59.9 Å². The summed E-state index contributed by atoms with van der Waals surface area (Å²) in [7, 11) is 3.21. The van der Waals surface area contributed by atoms with Crippen LogP contribution < -0.4 is 14.8 Å². The lowest BCUT2D eigenvalue weighted by Crippen LogP contribution is -2.33. The van der Waals surface area contributed by atoms with Crippen molar-refractivity contribution in [2.24, 2.45) is 0 Å². The lowest BCUT2D eigenvalue weighted by molar-refractivity contribution is -0.120. The van der Waals surface area contributed by atoms with Crippen LogP contribution in [0.1, 0.15) is 18.9 Å². The minimum absolute atomic E-state index is 0.0382. The Morgan fingerprint density at radius 2 is 1.84 bits per heavy atom. The monoisotopic (exact) mass is 438 g/mol. The average molecular weight is 439 g/mol. The molecule has 1 atom stereocenters. The normalized spacial score (nSPS) is 11.6. The van der Waals surface area contributed by atoms with E-state index in [0.29, 0.717) is 41.7 Å². The maximum Gasteiger partial charge on any atom is 0.233 e. The number of rotatable bonds is 10. The quantitative estimate of drug-likeness (QED) is 0.482. The lowest BCUT2D eigenvalue weighted by Gasteiger charge is -2.14. The molecular formula is C23H26N4O3S. The zero-order chi connectivity index (χ0) is 22.1. The summed E-state index contributed by atoms with van der Waals surface area (Å²) >= 11 is 1.32. The summed E-state index contributed by atoms with van der Waals surface area (Å²) in [6.45, 7) is 2.49. The number of benzene rings is 2. The van der Waals surface area contributed by atoms with Crippen LogP contribution in [-0.2, 0) is 11.2 Å². The van der Waals surface area contributed by atoms with E-state index in [0.717, 1.165) is 11.1 Å². The number of nitrogens with one attached hydrogen (secondary N) is 1. The van der Waals surface area contributed by atoms with Gasteiger partial charge in [-0.25, -0.2) is 4.98 Å². The molecule has 0 aliphatic carbocycles. The van der Waals surface area contributed by atoms with Crippen molar-refractivity contribution in [1.82, 2.24) is 20.5 Å². The van der Waals surface area contributed by atoms with E-state index in [1.165, 1.54) is 11.8 Å². The number of carbonyl (C=O) groups is 1. The van der Waals surface area contributed by atoms with Gasteiger partial charge >= 0.3 is 0 Å². The first-order valence-electron chi connectivity index (χ1n) is 10.0. The highest BCUT2D eigenvalue weighted by molar-refractivity contribution is 8.00. The molecule has 0 spiro atoms. The highest BCUT2D eigenvalue weighted by atomic mass is 32.2. The van der Waals surface area contributed by atoms with Crippen LogP contribution in [0.2, 0.25) is 0 Å². The van der Waals surface area contributed by atoms with Crippen LogP contribution in [0.3, 0.4) is 0 Å². The summed E-state index contributed by atoms with van der Waals surface area (Å²) in [5.74, 6) is 1.32. The molecule has 31 heavy (non-hydrogen) atoms. The molecule has 0 fully saturated rings. The Morgan fingerprint density at radius 3 is 2.48 bits per heavy atom. The third kappa shape index (κ3) is 6.18. The van der Waals surface area contributed by atoms with Gasteiger partial charge in [0.1, 0.15) is 5.69 Å². The number of hydrogen-bond donors (Lipinski definition) is 1. The first-order chi connectivity index (χ1) is 15.1. The minimum atomic E-state index is -0.283. The van der Waals surface area contributed by atoms with E-state index in [-0.39, 0.29) is 11.2 Å². The van der Waals surface area contributed by atoms with Gasteiger partial charge in [0, 0.05) is 12.1 Å². The first-order valence-corrected chi connectivity index (χ1v) is 10.9. The van der Waals surface area contributed by atoms with Gasteiger partial charge in [-0.1, -0.05) is 55.1 Å². The molecule has 0 saturated heterocycles. The number of ether oxygens (including phenoxy) is 2. The van der Waals surface area contributed by atoms with Gasteiger partial charge in [-0.2, -0.15) is 0 Å². The zero-order valence-corrected chi connectivity index (χ0v) is 18.7. The second-order valence-corrected chi connectivity index (χ2v) is 7.91. The Bertz CT molecular complexity index is 984. The Hall–Kier alpha value is -3.13. The highest BCUT2D eigenvalue weighted by Gasteiger charge is 2.19. The van der Waals surface area contributed by atoms with Crippen LogP contribution in [0, 0.1) is 0 Å². The molecule has 1 amide bonds. The average Bonchev–Trinajstić information content (AvgIpc) is 2.83. The molecule has 0 bridgehead atoms. The zero-order valence-electron chi connectivity index (χ0n) is 17.9. The molecular weight excluding hydrogens is 412 g/mol. The van der Waals surface area contributed by atoms with Crippen LogP contribution in [0.25, 0.3) is 11.3 Å². The fourth-order valence-electron chi connectivity index (χ4n) is 2.99. The number of nitrogens with zero attached hydrogens (tertiary/aromatic N) is 3. The Labute approximate surface area is 186 Å². The second-order valence-electron chi connectivity index (χ2n) is 6.74. The number of aromatic nitrogens is 3. The van der Waals surface area contributed by atoms with Gasteiger partial charge in [-0.05, 0) is 30.5 Å². The number of amides is 1. The number of carbonyl (C=O) groups excluding carboxylic acids is 1. The van der Waals surface area contributed by atoms with Crippen LogP contribution in [-0.4, -0.2) is 47.1 Å². The molecule has 0 saturated carbocycles. The van der Waals surface area contributed by atoms with Crippen LogP contribution in [0.4, 0.5) is 0 Å². The van der Waals surface area contributed by atoms with E-state index in [4.69, 9.17) is 9.47 Å². The van der Waals surface area contributed by atoms with E-state index in [2.05, 4.69) is 20.5 Å². The predicted octanol–water partition coefficient (Wildman–Crippen LogP) is 3.79. The van der Waals surface area contributed by atoms with Gasteiger partial charge in [-0.15, -0.1) is 10.2 Å². The molecule has 0 aliphatic rings. The molecule has 0 radical (unpaired) electrons. The molecule has 1 N–H and O–H groups in total. The summed E-state index contributed by atoms with van der Waals surface area (Å²) < 4.78 is 10.6. The van der Waals surface area contributed by atoms with E-state index in [1.807, 2.05) is 55.5 Å². The summed E-state index contributed by atoms with van der Waals surface area (Å²) in [4.78, 5) is 17.0. The molecule has 8 heteroatoms. The number of thioether (sulfide) groups is 1. The predicted molar refractivity (Wildman–Crippen MR) is 121 cm³/mol. The van der Waals surface area contributed by atoms with Gasteiger partial charge in [0.15, 0.2) is 11.5 Å². The Morgan fingerprint density at radius 1 is 1.06 bits per heavy atom.